The van der Waals surface area contributed by atoms with E-state index in [0.717, 1.165) is 26.0 Å². The second-order valence-corrected chi connectivity index (χ2v) is 7.74. The highest BCUT2D eigenvalue weighted by Gasteiger charge is 2.27. The van der Waals surface area contributed by atoms with Crippen LogP contribution < -0.4 is 10.0 Å². The maximum absolute atomic E-state index is 12.1. The van der Waals surface area contributed by atoms with Crippen molar-refractivity contribution in [2.75, 3.05) is 33.3 Å². The number of hydrogen-bond donors (Lipinski definition) is 2. The van der Waals surface area contributed by atoms with Gasteiger partial charge in [0.1, 0.15) is 0 Å². The van der Waals surface area contributed by atoms with Gasteiger partial charge in [-0.3, -0.25) is 0 Å². The molecule has 0 spiro atoms. The number of ether oxygens (including phenoxy) is 1. The summed E-state index contributed by atoms with van der Waals surface area (Å²) in [6.45, 7) is 4.63. The predicted molar refractivity (Wildman–Crippen MR) is 78.7 cm³/mol. The first-order valence-corrected chi connectivity index (χ1v) is 8.99. The van der Waals surface area contributed by atoms with Crippen molar-refractivity contribution >= 4 is 10.2 Å². The second-order valence-electron chi connectivity index (χ2n) is 5.88. The van der Waals surface area contributed by atoms with Crippen molar-refractivity contribution in [3.63, 3.8) is 0 Å². The van der Waals surface area contributed by atoms with Crippen molar-refractivity contribution in [2.45, 2.75) is 44.8 Å². The van der Waals surface area contributed by atoms with Gasteiger partial charge in [-0.1, -0.05) is 0 Å². The van der Waals surface area contributed by atoms with E-state index in [1.54, 1.807) is 7.05 Å². The van der Waals surface area contributed by atoms with Crippen LogP contribution in [0.25, 0.3) is 0 Å². The molecule has 1 heterocycles. The first-order chi connectivity index (χ1) is 9.49. The van der Waals surface area contributed by atoms with Crippen molar-refractivity contribution in [2.24, 2.45) is 5.92 Å². The Balaban J connectivity index is 1.64. The molecule has 118 valence electrons. The zero-order chi connectivity index (χ0) is 14.6. The van der Waals surface area contributed by atoms with Gasteiger partial charge in [0.05, 0.1) is 6.10 Å². The van der Waals surface area contributed by atoms with E-state index in [2.05, 4.69) is 10.0 Å². The zero-order valence-corrected chi connectivity index (χ0v) is 13.3. The van der Waals surface area contributed by atoms with Crippen molar-refractivity contribution < 1.29 is 13.2 Å². The SMILES string of the molecule is CC1OCCC1CNS(=O)(=O)N(C)CCCNC1CC1. The summed E-state index contributed by atoms with van der Waals surface area (Å²) in [4.78, 5) is 0. The highest BCUT2D eigenvalue weighted by Crippen LogP contribution is 2.20. The fraction of sp³-hybridized carbons (Fsp3) is 1.00. The third kappa shape index (κ3) is 4.96. The van der Waals surface area contributed by atoms with Crippen molar-refractivity contribution in [3.8, 4) is 0 Å². The van der Waals surface area contributed by atoms with Gasteiger partial charge in [0.15, 0.2) is 0 Å². The van der Waals surface area contributed by atoms with E-state index in [9.17, 15) is 8.42 Å². The molecule has 2 N–H and O–H groups in total. The molecular weight excluding hydrogens is 278 g/mol. The number of rotatable bonds is 9. The molecule has 0 amide bonds. The monoisotopic (exact) mass is 305 g/mol. The molecule has 2 unspecified atom stereocenters. The van der Waals surface area contributed by atoms with E-state index in [1.165, 1.54) is 17.1 Å². The van der Waals surface area contributed by atoms with Gasteiger partial charge < -0.3 is 10.1 Å². The van der Waals surface area contributed by atoms with Gasteiger partial charge in [0.25, 0.3) is 10.2 Å². The van der Waals surface area contributed by atoms with Gasteiger partial charge in [0, 0.05) is 38.7 Å². The molecule has 0 aromatic carbocycles. The lowest BCUT2D eigenvalue weighted by Crippen LogP contribution is -2.42. The molecule has 0 radical (unpaired) electrons. The quantitative estimate of drug-likeness (QED) is 0.602. The van der Waals surface area contributed by atoms with Crippen molar-refractivity contribution in [3.05, 3.63) is 0 Å². The molecular formula is C13H27N3O3S. The molecule has 2 aliphatic rings. The number of nitrogens with zero attached hydrogens (tertiary/aromatic N) is 1. The maximum Gasteiger partial charge on any atom is 0.279 e. The fourth-order valence-electron chi connectivity index (χ4n) is 2.38. The van der Waals surface area contributed by atoms with Crippen LogP contribution in [0.4, 0.5) is 0 Å². The summed E-state index contributed by atoms with van der Waals surface area (Å²) in [5.41, 5.74) is 0. The van der Waals surface area contributed by atoms with Crippen LogP contribution in [0.2, 0.25) is 0 Å². The molecule has 0 aromatic heterocycles. The summed E-state index contributed by atoms with van der Waals surface area (Å²) in [6.07, 6.45) is 4.44. The summed E-state index contributed by atoms with van der Waals surface area (Å²) in [5, 5.41) is 3.39. The predicted octanol–water partition coefficient (Wildman–Crippen LogP) is 0.320. The smallest absolute Gasteiger partial charge is 0.279 e. The summed E-state index contributed by atoms with van der Waals surface area (Å²) in [6, 6.07) is 0.680. The molecule has 7 heteroatoms. The topological polar surface area (TPSA) is 70.7 Å². The number of hydrogen-bond acceptors (Lipinski definition) is 4. The standard InChI is InChI=1S/C13H27N3O3S/c1-11-12(6-9-19-11)10-15-20(17,18)16(2)8-3-7-14-13-4-5-13/h11-15H,3-10H2,1-2H3. The average molecular weight is 305 g/mol. The molecule has 6 nitrogen and oxygen atoms in total. The molecule has 2 rings (SSSR count). The Kier molecular flexibility index (Phi) is 5.80. The first kappa shape index (κ1) is 16.2. The fourth-order valence-corrected chi connectivity index (χ4v) is 3.40. The van der Waals surface area contributed by atoms with Crippen LogP contribution in [0.15, 0.2) is 0 Å². The van der Waals surface area contributed by atoms with Crippen LogP contribution in [-0.2, 0) is 14.9 Å². The lowest BCUT2D eigenvalue weighted by Gasteiger charge is -2.20. The molecule has 1 aliphatic heterocycles. The van der Waals surface area contributed by atoms with Gasteiger partial charge in [-0.25, -0.2) is 4.72 Å². The van der Waals surface area contributed by atoms with E-state index in [0.29, 0.717) is 19.1 Å². The minimum atomic E-state index is -3.36. The highest BCUT2D eigenvalue weighted by atomic mass is 32.2. The lowest BCUT2D eigenvalue weighted by atomic mass is 10.0. The lowest BCUT2D eigenvalue weighted by molar-refractivity contribution is 0.106. The van der Waals surface area contributed by atoms with Crippen LogP contribution in [0.3, 0.4) is 0 Å². The normalized spacial score (nSPS) is 27.4. The van der Waals surface area contributed by atoms with E-state index in [1.807, 2.05) is 6.92 Å². The van der Waals surface area contributed by atoms with Gasteiger partial charge in [0.2, 0.25) is 0 Å². The second kappa shape index (κ2) is 7.17. The zero-order valence-electron chi connectivity index (χ0n) is 12.5. The van der Waals surface area contributed by atoms with Crippen LogP contribution in [0.1, 0.15) is 32.6 Å². The summed E-state index contributed by atoms with van der Waals surface area (Å²) < 4.78 is 33.7. The summed E-state index contributed by atoms with van der Waals surface area (Å²) >= 11 is 0. The van der Waals surface area contributed by atoms with Crippen molar-refractivity contribution in [1.82, 2.24) is 14.3 Å². The Morgan fingerprint density at radius 2 is 2.05 bits per heavy atom. The number of nitrogens with one attached hydrogen (secondary N) is 2. The van der Waals surface area contributed by atoms with Crippen LogP contribution >= 0.6 is 0 Å². The summed E-state index contributed by atoms with van der Waals surface area (Å²) in [5.74, 6) is 0.287. The molecule has 2 fully saturated rings. The third-order valence-electron chi connectivity index (χ3n) is 4.13. The van der Waals surface area contributed by atoms with E-state index >= 15 is 0 Å². The van der Waals surface area contributed by atoms with Gasteiger partial charge in [-0.2, -0.15) is 12.7 Å². The Hall–Kier alpha value is -0.210. The molecule has 1 saturated carbocycles. The van der Waals surface area contributed by atoms with Crippen LogP contribution in [0.5, 0.6) is 0 Å². The minimum Gasteiger partial charge on any atom is -0.378 e. The Morgan fingerprint density at radius 3 is 2.65 bits per heavy atom. The molecule has 1 aliphatic carbocycles. The van der Waals surface area contributed by atoms with Gasteiger partial charge >= 0.3 is 0 Å². The highest BCUT2D eigenvalue weighted by molar-refractivity contribution is 7.87. The minimum absolute atomic E-state index is 0.144. The largest absolute Gasteiger partial charge is 0.378 e. The molecule has 20 heavy (non-hydrogen) atoms. The van der Waals surface area contributed by atoms with Gasteiger partial charge in [-0.15, -0.1) is 0 Å². The Labute approximate surface area is 122 Å². The molecule has 1 saturated heterocycles. The Bertz CT molecular complexity index is 398. The molecule has 0 aromatic rings. The summed E-state index contributed by atoms with van der Waals surface area (Å²) in [7, 11) is -1.72. The maximum atomic E-state index is 12.1. The van der Waals surface area contributed by atoms with Crippen molar-refractivity contribution in [1.29, 1.82) is 0 Å². The molecule has 2 atom stereocenters. The molecule has 0 bridgehead atoms. The average Bonchev–Trinajstić information content (AvgIpc) is 3.14. The van der Waals surface area contributed by atoms with Crippen LogP contribution in [-0.4, -0.2) is 58.2 Å². The van der Waals surface area contributed by atoms with Gasteiger partial charge in [-0.05, 0) is 39.2 Å². The van der Waals surface area contributed by atoms with Crippen LogP contribution in [0, 0.1) is 5.92 Å². The third-order valence-corrected chi connectivity index (χ3v) is 5.67. The van der Waals surface area contributed by atoms with E-state index in [-0.39, 0.29) is 12.0 Å². The Morgan fingerprint density at radius 1 is 1.30 bits per heavy atom. The van der Waals surface area contributed by atoms with E-state index < -0.39 is 10.2 Å². The first-order valence-electron chi connectivity index (χ1n) is 7.55. The van der Waals surface area contributed by atoms with E-state index in [4.69, 9.17) is 4.74 Å².